The van der Waals surface area contributed by atoms with E-state index in [0.717, 1.165) is 22.0 Å². The number of benzene rings is 2. The lowest BCUT2D eigenvalue weighted by molar-refractivity contribution is 0.104. The van der Waals surface area contributed by atoms with Crippen LogP contribution in [-0.2, 0) is 9.84 Å². The Morgan fingerprint density at radius 2 is 1.76 bits per heavy atom. The number of carbonyl (C=O) groups is 1. The van der Waals surface area contributed by atoms with E-state index in [4.69, 9.17) is 0 Å². The zero-order valence-electron chi connectivity index (χ0n) is 13.6. The minimum Gasteiger partial charge on any atom is -0.375 e. The van der Waals surface area contributed by atoms with Gasteiger partial charge in [-0.3, -0.25) is 4.79 Å². The molecule has 0 atom stereocenters. The number of fused-ring (bicyclic) bond motifs is 2. The first kappa shape index (κ1) is 16.8. The average Bonchev–Trinajstić information content (AvgIpc) is 3.10. The first-order chi connectivity index (χ1) is 11.9. The molecule has 0 amide bonds. The van der Waals surface area contributed by atoms with Gasteiger partial charge in [-0.25, -0.2) is 8.42 Å². The molecule has 2 aliphatic rings. The van der Waals surface area contributed by atoms with Crippen LogP contribution in [0.25, 0.3) is 0 Å². The first-order valence-electron chi connectivity index (χ1n) is 7.77. The minimum atomic E-state index is -3.75. The summed E-state index contributed by atoms with van der Waals surface area (Å²) in [4.78, 5) is 16.8. The van der Waals surface area contributed by atoms with E-state index in [0.29, 0.717) is 4.24 Å². The maximum Gasteiger partial charge on any atom is 0.212 e. The van der Waals surface area contributed by atoms with Crippen LogP contribution in [0.4, 0.5) is 5.69 Å². The first-order valence-corrected chi connectivity index (χ1v) is 10.9. The van der Waals surface area contributed by atoms with Gasteiger partial charge < -0.3 is 4.90 Å². The number of ketones is 1. The van der Waals surface area contributed by atoms with Gasteiger partial charge in [0.15, 0.2) is 0 Å². The van der Waals surface area contributed by atoms with Crippen molar-refractivity contribution in [1.82, 2.24) is 0 Å². The third-order valence-corrected chi connectivity index (χ3v) is 8.99. The Labute approximate surface area is 155 Å². The third-order valence-electron chi connectivity index (χ3n) is 4.33. The van der Waals surface area contributed by atoms with Crippen molar-refractivity contribution in [3.05, 3.63) is 57.2 Å². The number of allylic oxidation sites excluding steroid dienone is 1. The highest BCUT2D eigenvalue weighted by Gasteiger charge is 2.42. The molecule has 0 aromatic heterocycles. The summed E-state index contributed by atoms with van der Waals surface area (Å²) in [6.45, 7) is 2.95. The molecule has 4 rings (SSSR count). The van der Waals surface area contributed by atoms with Gasteiger partial charge in [-0.05, 0) is 37.3 Å². The summed E-state index contributed by atoms with van der Waals surface area (Å²) in [6.07, 6.45) is 0. The molecule has 0 unspecified atom stereocenters. The van der Waals surface area contributed by atoms with Crippen LogP contribution >= 0.6 is 23.5 Å². The SMILES string of the molecule is CCN(C)c1ccc2c(c1)S/C(=C1/C(=O)c3ccccc3S1(=O)=O)S2. The molecule has 0 radical (unpaired) electrons. The van der Waals surface area contributed by atoms with Gasteiger partial charge in [0.1, 0.15) is 4.91 Å². The predicted molar refractivity (Wildman–Crippen MR) is 102 cm³/mol. The van der Waals surface area contributed by atoms with Gasteiger partial charge in [-0.1, -0.05) is 35.7 Å². The highest BCUT2D eigenvalue weighted by atomic mass is 32.2. The molecule has 0 aliphatic carbocycles. The number of Topliss-reactive ketones (excluding diaryl/α,β-unsaturated/α-hetero) is 1. The highest BCUT2D eigenvalue weighted by Crippen LogP contribution is 2.55. The number of carbonyl (C=O) groups excluding carboxylic acids is 1. The molecular weight excluding hydrogens is 374 g/mol. The van der Waals surface area contributed by atoms with Crippen LogP contribution in [0.2, 0.25) is 0 Å². The zero-order chi connectivity index (χ0) is 17.8. The van der Waals surface area contributed by atoms with Crippen LogP contribution < -0.4 is 4.90 Å². The number of rotatable bonds is 2. The molecule has 128 valence electrons. The minimum absolute atomic E-state index is 0.0784. The standard InChI is InChI=1S/C18H15NO3S3/c1-3-19(2)11-8-9-13-14(10-11)24-18(23-13)17-16(20)12-6-4-5-7-15(12)25(17,21)22/h4-10H,3H2,1-2H3/b18-17-. The summed E-state index contributed by atoms with van der Waals surface area (Å²) < 4.78 is 26.2. The molecule has 0 N–H and O–H groups in total. The van der Waals surface area contributed by atoms with Crippen molar-refractivity contribution in [1.29, 1.82) is 0 Å². The molecule has 2 aromatic carbocycles. The van der Waals surface area contributed by atoms with Crippen LogP contribution in [0.1, 0.15) is 17.3 Å². The molecule has 2 heterocycles. The van der Waals surface area contributed by atoms with E-state index in [1.54, 1.807) is 18.2 Å². The van der Waals surface area contributed by atoms with Gasteiger partial charge in [-0.15, -0.1) is 0 Å². The molecule has 2 aliphatic heterocycles. The second-order valence-corrected chi connectivity index (χ2v) is 10.0. The topological polar surface area (TPSA) is 54.5 Å². The lowest BCUT2D eigenvalue weighted by Crippen LogP contribution is -2.15. The van der Waals surface area contributed by atoms with E-state index >= 15 is 0 Å². The monoisotopic (exact) mass is 389 g/mol. The normalized spacial score (nSPS) is 20.5. The number of thioether (sulfide) groups is 2. The van der Waals surface area contributed by atoms with Crippen LogP contribution in [0, 0.1) is 0 Å². The van der Waals surface area contributed by atoms with Crippen molar-refractivity contribution < 1.29 is 13.2 Å². The van der Waals surface area contributed by atoms with E-state index in [2.05, 4.69) is 11.8 Å². The fourth-order valence-corrected chi connectivity index (χ4v) is 7.62. The summed E-state index contributed by atoms with van der Waals surface area (Å²) in [6, 6.07) is 12.5. The van der Waals surface area contributed by atoms with E-state index < -0.39 is 15.6 Å². The number of hydrogen-bond donors (Lipinski definition) is 0. The molecule has 25 heavy (non-hydrogen) atoms. The zero-order valence-corrected chi connectivity index (χ0v) is 16.1. The molecule has 0 fully saturated rings. The van der Waals surface area contributed by atoms with Crippen molar-refractivity contribution >= 4 is 44.8 Å². The molecular formula is C18H15NO3S3. The summed E-state index contributed by atoms with van der Waals surface area (Å²) >= 11 is 2.73. The molecule has 0 spiro atoms. The van der Waals surface area contributed by atoms with Crippen LogP contribution in [-0.4, -0.2) is 27.8 Å². The van der Waals surface area contributed by atoms with Crippen LogP contribution in [0.15, 0.2) is 66.3 Å². The predicted octanol–water partition coefficient (Wildman–Crippen LogP) is 4.18. The van der Waals surface area contributed by atoms with E-state index in [-0.39, 0.29) is 15.4 Å². The fourth-order valence-electron chi connectivity index (χ4n) is 2.84. The molecule has 4 nitrogen and oxygen atoms in total. The number of anilines is 1. The van der Waals surface area contributed by atoms with Crippen molar-refractivity contribution in [3.8, 4) is 0 Å². The van der Waals surface area contributed by atoms with Crippen molar-refractivity contribution in [2.45, 2.75) is 21.6 Å². The van der Waals surface area contributed by atoms with Gasteiger partial charge >= 0.3 is 0 Å². The molecule has 0 bridgehead atoms. The Balaban J connectivity index is 1.80. The average molecular weight is 390 g/mol. The quantitative estimate of drug-likeness (QED) is 0.718. The Kier molecular flexibility index (Phi) is 3.97. The Hall–Kier alpha value is -1.70. The van der Waals surface area contributed by atoms with Crippen molar-refractivity contribution in [3.63, 3.8) is 0 Å². The lowest BCUT2D eigenvalue weighted by atomic mass is 10.1. The Morgan fingerprint density at radius 1 is 1.04 bits per heavy atom. The van der Waals surface area contributed by atoms with E-state index in [9.17, 15) is 13.2 Å². The molecule has 2 aromatic rings. The number of sulfone groups is 1. The van der Waals surface area contributed by atoms with Crippen molar-refractivity contribution in [2.75, 3.05) is 18.5 Å². The van der Waals surface area contributed by atoms with Gasteiger partial charge in [0, 0.05) is 34.6 Å². The number of nitrogens with zero attached hydrogens (tertiary/aromatic N) is 1. The third kappa shape index (κ3) is 2.53. The number of hydrogen-bond acceptors (Lipinski definition) is 6. The smallest absolute Gasteiger partial charge is 0.212 e. The highest BCUT2D eigenvalue weighted by molar-refractivity contribution is 8.25. The fraction of sp³-hybridized carbons (Fsp3) is 0.167. The summed E-state index contributed by atoms with van der Waals surface area (Å²) in [5, 5.41) is 0. The molecule has 0 saturated carbocycles. The van der Waals surface area contributed by atoms with Crippen molar-refractivity contribution in [2.24, 2.45) is 0 Å². The molecule has 7 heteroatoms. The Morgan fingerprint density at radius 3 is 2.48 bits per heavy atom. The van der Waals surface area contributed by atoms with E-state index in [1.165, 1.54) is 29.6 Å². The summed E-state index contributed by atoms with van der Waals surface area (Å²) in [5.41, 5.74) is 1.35. The second kappa shape index (κ2) is 5.93. The van der Waals surface area contributed by atoms with Gasteiger partial charge in [0.25, 0.3) is 0 Å². The lowest BCUT2D eigenvalue weighted by Gasteiger charge is -2.17. The summed E-state index contributed by atoms with van der Waals surface area (Å²) in [7, 11) is -1.74. The van der Waals surface area contributed by atoms with Crippen LogP contribution in [0.3, 0.4) is 0 Å². The molecule has 0 saturated heterocycles. The maximum absolute atomic E-state index is 12.8. The second-order valence-electron chi connectivity index (χ2n) is 5.79. The van der Waals surface area contributed by atoms with Gasteiger partial charge in [0.2, 0.25) is 15.6 Å². The Bertz CT molecular complexity index is 1040. The van der Waals surface area contributed by atoms with E-state index in [1.807, 2.05) is 25.2 Å². The summed E-state index contributed by atoms with van der Waals surface area (Å²) in [5.74, 6) is -0.399. The van der Waals surface area contributed by atoms with Crippen LogP contribution in [0.5, 0.6) is 0 Å². The maximum atomic E-state index is 12.8. The van der Waals surface area contributed by atoms with Gasteiger partial charge in [0.05, 0.1) is 9.13 Å². The largest absolute Gasteiger partial charge is 0.375 e. The van der Waals surface area contributed by atoms with Gasteiger partial charge in [-0.2, -0.15) is 0 Å².